The Morgan fingerprint density at radius 2 is 2.00 bits per heavy atom. The number of nitrogens with one attached hydrogen (secondary N) is 1. The quantitative estimate of drug-likeness (QED) is 0.551. The van der Waals surface area contributed by atoms with Gasteiger partial charge in [-0.3, -0.25) is 14.9 Å². The van der Waals surface area contributed by atoms with Gasteiger partial charge in [-0.05, 0) is 58.1 Å². The van der Waals surface area contributed by atoms with Crippen molar-refractivity contribution < 1.29 is 14.5 Å². The van der Waals surface area contributed by atoms with Crippen LogP contribution in [-0.2, 0) is 4.79 Å². The molecule has 0 fully saturated rings. The lowest BCUT2D eigenvalue weighted by molar-refractivity contribution is -0.384. The van der Waals surface area contributed by atoms with Crippen LogP contribution in [0.15, 0.2) is 40.9 Å². The fraction of sp³-hybridized carbons (Fsp3) is 0.278. The van der Waals surface area contributed by atoms with Crippen LogP contribution >= 0.6 is 15.9 Å². The SMILES string of the molecule is Cc1cc(OCC(=O)Nc2ccc([N+](=O)[O-])cc2Br)ccc1C(C)C. The number of halogens is 1. The summed E-state index contributed by atoms with van der Waals surface area (Å²) >= 11 is 3.21. The second-order valence-electron chi connectivity index (χ2n) is 5.93. The smallest absolute Gasteiger partial charge is 0.270 e. The van der Waals surface area contributed by atoms with Crippen LogP contribution in [-0.4, -0.2) is 17.4 Å². The summed E-state index contributed by atoms with van der Waals surface area (Å²) in [5.74, 6) is 0.705. The van der Waals surface area contributed by atoms with E-state index >= 15 is 0 Å². The summed E-state index contributed by atoms with van der Waals surface area (Å²) in [7, 11) is 0. The van der Waals surface area contributed by atoms with Crippen LogP contribution in [0.25, 0.3) is 0 Å². The van der Waals surface area contributed by atoms with Crippen molar-refractivity contribution in [1.29, 1.82) is 0 Å². The highest BCUT2D eigenvalue weighted by atomic mass is 79.9. The van der Waals surface area contributed by atoms with Gasteiger partial charge < -0.3 is 10.1 Å². The summed E-state index contributed by atoms with van der Waals surface area (Å²) in [5.41, 5.74) is 2.75. The average Bonchev–Trinajstić information content (AvgIpc) is 2.54. The molecule has 2 aromatic carbocycles. The first-order valence-corrected chi connectivity index (χ1v) is 8.54. The van der Waals surface area contributed by atoms with Crippen LogP contribution in [0.1, 0.15) is 30.9 Å². The second-order valence-corrected chi connectivity index (χ2v) is 6.79. The lowest BCUT2D eigenvalue weighted by Gasteiger charge is -2.13. The van der Waals surface area contributed by atoms with Crippen molar-refractivity contribution in [1.82, 2.24) is 0 Å². The molecule has 1 N–H and O–H groups in total. The van der Waals surface area contributed by atoms with Gasteiger partial charge in [0.25, 0.3) is 11.6 Å². The monoisotopic (exact) mass is 406 g/mol. The number of nitro benzene ring substituents is 1. The molecule has 1 amide bonds. The third-order valence-corrected chi connectivity index (χ3v) is 4.33. The van der Waals surface area contributed by atoms with Gasteiger partial charge in [0.05, 0.1) is 10.6 Å². The number of rotatable bonds is 6. The van der Waals surface area contributed by atoms with Crippen LogP contribution in [0, 0.1) is 17.0 Å². The summed E-state index contributed by atoms with van der Waals surface area (Å²) in [6.07, 6.45) is 0. The van der Waals surface area contributed by atoms with E-state index in [4.69, 9.17) is 4.74 Å². The first-order chi connectivity index (χ1) is 11.8. The van der Waals surface area contributed by atoms with Crippen LogP contribution < -0.4 is 10.1 Å². The van der Waals surface area contributed by atoms with Gasteiger partial charge in [0.15, 0.2) is 6.61 Å². The Bertz CT molecular complexity index is 806. The number of hydrogen-bond donors (Lipinski definition) is 1. The lowest BCUT2D eigenvalue weighted by Crippen LogP contribution is -2.20. The molecule has 0 aliphatic heterocycles. The Morgan fingerprint density at radius 3 is 2.56 bits per heavy atom. The molecule has 0 bridgehead atoms. The Hall–Kier alpha value is -2.41. The van der Waals surface area contributed by atoms with Crippen molar-refractivity contribution in [3.63, 3.8) is 0 Å². The van der Waals surface area contributed by atoms with Gasteiger partial charge >= 0.3 is 0 Å². The fourth-order valence-corrected chi connectivity index (χ4v) is 2.91. The third-order valence-electron chi connectivity index (χ3n) is 3.67. The number of carbonyl (C=O) groups excluding carboxylic acids is 1. The highest BCUT2D eigenvalue weighted by Crippen LogP contribution is 2.27. The van der Waals surface area contributed by atoms with E-state index in [2.05, 4.69) is 35.1 Å². The average molecular weight is 407 g/mol. The van der Waals surface area contributed by atoms with Crippen LogP contribution in [0.5, 0.6) is 5.75 Å². The zero-order chi connectivity index (χ0) is 18.6. The van der Waals surface area contributed by atoms with E-state index < -0.39 is 4.92 Å². The standard InChI is InChI=1S/C18H19BrN2O4/c1-11(2)15-6-5-14(8-12(15)3)25-10-18(22)20-17-7-4-13(21(23)24)9-16(17)19/h4-9,11H,10H2,1-3H3,(H,20,22). The lowest BCUT2D eigenvalue weighted by atomic mass is 9.98. The maximum Gasteiger partial charge on any atom is 0.270 e. The Morgan fingerprint density at radius 1 is 1.28 bits per heavy atom. The molecule has 7 heteroatoms. The summed E-state index contributed by atoms with van der Waals surface area (Å²) < 4.78 is 5.96. The summed E-state index contributed by atoms with van der Waals surface area (Å²) in [5, 5.41) is 13.4. The molecule has 0 spiro atoms. The number of benzene rings is 2. The number of nitrogens with zero attached hydrogens (tertiary/aromatic N) is 1. The topological polar surface area (TPSA) is 81.5 Å². The molecule has 0 heterocycles. The molecule has 0 saturated heterocycles. The van der Waals surface area contributed by atoms with Gasteiger partial charge in [-0.2, -0.15) is 0 Å². The van der Waals surface area contributed by atoms with Crippen LogP contribution in [0.2, 0.25) is 0 Å². The number of anilines is 1. The molecule has 25 heavy (non-hydrogen) atoms. The van der Waals surface area contributed by atoms with E-state index in [1.807, 2.05) is 25.1 Å². The molecule has 0 unspecified atom stereocenters. The molecular formula is C18H19BrN2O4. The zero-order valence-corrected chi connectivity index (χ0v) is 15.8. The Kier molecular flexibility index (Phi) is 6.14. The maximum absolute atomic E-state index is 12.0. The summed E-state index contributed by atoms with van der Waals surface area (Å²) in [6.45, 7) is 6.11. The van der Waals surface area contributed by atoms with E-state index in [-0.39, 0.29) is 18.2 Å². The normalized spacial score (nSPS) is 10.6. The second kappa shape index (κ2) is 8.11. The van der Waals surface area contributed by atoms with Crippen molar-refractivity contribution in [2.45, 2.75) is 26.7 Å². The van der Waals surface area contributed by atoms with E-state index in [1.54, 1.807) is 0 Å². The molecule has 0 radical (unpaired) electrons. The number of hydrogen-bond acceptors (Lipinski definition) is 4. The minimum Gasteiger partial charge on any atom is -0.484 e. The van der Waals surface area contributed by atoms with Gasteiger partial charge in [0, 0.05) is 16.6 Å². The number of aryl methyl sites for hydroxylation is 1. The number of nitro groups is 1. The summed E-state index contributed by atoms with van der Waals surface area (Å²) in [4.78, 5) is 22.2. The largest absolute Gasteiger partial charge is 0.484 e. The third kappa shape index (κ3) is 5.03. The van der Waals surface area contributed by atoms with Crippen molar-refractivity contribution >= 4 is 33.2 Å². The highest BCUT2D eigenvalue weighted by Gasteiger charge is 2.12. The van der Waals surface area contributed by atoms with Crippen molar-refractivity contribution in [2.75, 3.05) is 11.9 Å². The molecule has 0 atom stereocenters. The van der Waals surface area contributed by atoms with Gasteiger partial charge in [0.2, 0.25) is 0 Å². The molecule has 6 nitrogen and oxygen atoms in total. The van der Waals surface area contributed by atoms with Gasteiger partial charge in [0.1, 0.15) is 5.75 Å². The Balaban J connectivity index is 1.97. The number of non-ortho nitro benzene ring substituents is 1. The van der Waals surface area contributed by atoms with Crippen LogP contribution in [0.3, 0.4) is 0 Å². The number of amides is 1. The highest BCUT2D eigenvalue weighted by molar-refractivity contribution is 9.10. The van der Waals surface area contributed by atoms with Crippen molar-refractivity contribution in [3.8, 4) is 5.75 Å². The minimum absolute atomic E-state index is 0.0539. The van der Waals surface area contributed by atoms with E-state index in [1.165, 1.54) is 23.8 Å². The number of carbonyl (C=O) groups is 1. The van der Waals surface area contributed by atoms with E-state index in [0.29, 0.717) is 21.8 Å². The first-order valence-electron chi connectivity index (χ1n) is 7.75. The predicted molar refractivity (Wildman–Crippen MR) is 100 cm³/mol. The number of ether oxygens (including phenoxy) is 1. The van der Waals surface area contributed by atoms with Gasteiger partial charge in [-0.15, -0.1) is 0 Å². The fourth-order valence-electron chi connectivity index (χ4n) is 2.44. The molecule has 132 valence electrons. The zero-order valence-electron chi connectivity index (χ0n) is 14.2. The molecule has 2 rings (SSSR count). The molecular weight excluding hydrogens is 388 g/mol. The van der Waals surface area contributed by atoms with Gasteiger partial charge in [-0.1, -0.05) is 19.9 Å². The minimum atomic E-state index is -0.497. The Labute approximate surface area is 154 Å². The van der Waals surface area contributed by atoms with E-state index in [0.717, 1.165) is 5.56 Å². The molecule has 0 aromatic heterocycles. The maximum atomic E-state index is 12.0. The molecule has 2 aromatic rings. The summed E-state index contributed by atoms with van der Waals surface area (Å²) in [6, 6.07) is 9.89. The van der Waals surface area contributed by atoms with Gasteiger partial charge in [-0.25, -0.2) is 0 Å². The predicted octanol–water partition coefficient (Wildman–Crippen LogP) is 4.81. The molecule has 0 aliphatic carbocycles. The molecule has 0 saturated carbocycles. The van der Waals surface area contributed by atoms with Crippen LogP contribution in [0.4, 0.5) is 11.4 Å². The van der Waals surface area contributed by atoms with Crippen molar-refractivity contribution in [3.05, 3.63) is 62.1 Å². The molecule has 0 aliphatic rings. The van der Waals surface area contributed by atoms with E-state index in [9.17, 15) is 14.9 Å². The first kappa shape index (κ1) is 18.9. The van der Waals surface area contributed by atoms with Crippen molar-refractivity contribution in [2.24, 2.45) is 0 Å².